The first-order chi connectivity index (χ1) is 16.0. The number of ether oxygens (including phenoxy) is 1. The molecule has 1 N–H and O–H groups in total. The van der Waals surface area contributed by atoms with Gasteiger partial charge in [-0.2, -0.15) is 0 Å². The van der Waals surface area contributed by atoms with Crippen LogP contribution in [-0.2, 0) is 11.2 Å². The second kappa shape index (κ2) is 9.90. The molecule has 0 aliphatic rings. The summed E-state index contributed by atoms with van der Waals surface area (Å²) in [5.74, 6) is 1.51. The molecule has 0 aliphatic heterocycles. The lowest BCUT2D eigenvalue weighted by Crippen LogP contribution is -2.20. The van der Waals surface area contributed by atoms with Crippen molar-refractivity contribution >= 4 is 22.7 Å². The Morgan fingerprint density at radius 2 is 1.85 bits per heavy atom. The predicted octanol–water partition coefficient (Wildman–Crippen LogP) is 6.90. The highest BCUT2D eigenvalue weighted by Gasteiger charge is 2.12. The summed E-state index contributed by atoms with van der Waals surface area (Å²) in [5.41, 5.74) is 6.55. The van der Waals surface area contributed by atoms with Gasteiger partial charge in [0, 0.05) is 11.3 Å². The molecule has 0 spiro atoms. The normalized spacial score (nSPS) is 12.0. The number of hydrogen-bond acceptors (Lipinski definition) is 4. The second-order valence-corrected chi connectivity index (χ2v) is 8.42. The molecular formula is C28H30N2O3. The predicted molar refractivity (Wildman–Crippen MR) is 133 cm³/mol. The third-order valence-corrected chi connectivity index (χ3v) is 6.05. The number of nitrogens with zero attached hydrogens (tertiary/aromatic N) is 1. The fourth-order valence-corrected chi connectivity index (χ4v) is 3.67. The highest BCUT2D eigenvalue weighted by atomic mass is 16.5. The molecule has 5 heteroatoms. The maximum Gasteiger partial charge on any atom is 0.262 e. The number of rotatable bonds is 8. The lowest BCUT2D eigenvalue weighted by atomic mass is 9.99. The van der Waals surface area contributed by atoms with Gasteiger partial charge < -0.3 is 14.5 Å². The Labute approximate surface area is 194 Å². The Morgan fingerprint density at radius 1 is 1.06 bits per heavy atom. The van der Waals surface area contributed by atoms with Crippen molar-refractivity contribution in [3.63, 3.8) is 0 Å². The number of benzene rings is 3. The van der Waals surface area contributed by atoms with E-state index >= 15 is 0 Å². The average Bonchev–Trinajstić information content (AvgIpc) is 3.27. The Kier molecular flexibility index (Phi) is 6.78. The van der Waals surface area contributed by atoms with Gasteiger partial charge in [0.25, 0.3) is 5.91 Å². The van der Waals surface area contributed by atoms with Gasteiger partial charge in [0.1, 0.15) is 11.3 Å². The molecule has 0 bridgehead atoms. The molecule has 1 heterocycles. The first-order valence-corrected chi connectivity index (χ1v) is 11.5. The molecule has 1 atom stereocenters. The topological polar surface area (TPSA) is 64.4 Å². The van der Waals surface area contributed by atoms with Crippen LogP contribution in [0.2, 0.25) is 0 Å². The highest BCUT2D eigenvalue weighted by Crippen LogP contribution is 2.28. The molecular weight excluding hydrogens is 412 g/mol. The van der Waals surface area contributed by atoms with E-state index in [9.17, 15) is 4.79 Å². The van der Waals surface area contributed by atoms with E-state index in [-0.39, 0.29) is 12.5 Å². The van der Waals surface area contributed by atoms with Crippen LogP contribution in [0.25, 0.3) is 22.6 Å². The number of carbonyl (C=O) groups is 1. The number of aryl methyl sites for hydroxylation is 2. The van der Waals surface area contributed by atoms with E-state index in [0.29, 0.717) is 23.2 Å². The monoisotopic (exact) mass is 442 g/mol. The summed E-state index contributed by atoms with van der Waals surface area (Å²) >= 11 is 0. The molecule has 33 heavy (non-hydrogen) atoms. The average molecular weight is 443 g/mol. The standard InChI is InChI=1S/C28H30N2O3/c1-5-18(3)21-10-12-23(13-11-21)32-17-27(31)29-24-16-22(9-7-19(24)4)28-30-25-15-20(6-2)8-14-26(25)33-28/h7-16,18H,5-6,17H2,1-4H3,(H,29,31)/t18-/m0/s1. The first kappa shape index (κ1) is 22.6. The number of nitrogens with one attached hydrogen (secondary N) is 1. The van der Waals surface area contributed by atoms with Crippen LogP contribution < -0.4 is 10.1 Å². The molecule has 0 radical (unpaired) electrons. The zero-order valence-electron chi connectivity index (χ0n) is 19.6. The summed E-state index contributed by atoms with van der Waals surface area (Å²) in [7, 11) is 0. The number of carbonyl (C=O) groups excluding carboxylic acids is 1. The van der Waals surface area contributed by atoms with Crippen LogP contribution in [0, 0.1) is 6.92 Å². The van der Waals surface area contributed by atoms with Gasteiger partial charge in [-0.3, -0.25) is 4.79 Å². The molecule has 0 saturated heterocycles. The zero-order valence-corrected chi connectivity index (χ0v) is 19.6. The smallest absolute Gasteiger partial charge is 0.262 e. The highest BCUT2D eigenvalue weighted by molar-refractivity contribution is 5.93. The summed E-state index contributed by atoms with van der Waals surface area (Å²) < 4.78 is 11.6. The number of anilines is 1. The van der Waals surface area contributed by atoms with E-state index in [2.05, 4.69) is 49.3 Å². The molecule has 5 nitrogen and oxygen atoms in total. The van der Waals surface area contributed by atoms with E-state index in [4.69, 9.17) is 9.15 Å². The maximum absolute atomic E-state index is 12.5. The van der Waals surface area contributed by atoms with Gasteiger partial charge in [-0.25, -0.2) is 4.98 Å². The van der Waals surface area contributed by atoms with Crippen molar-refractivity contribution in [2.75, 3.05) is 11.9 Å². The number of fused-ring (bicyclic) bond motifs is 1. The number of amides is 1. The van der Waals surface area contributed by atoms with Crippen LogP contribution in [0.15, 0.2) is 65.1 Å². The molecule has 0 aliphatic carbocycles. The number of aromatic nitrogens is 1. The van der Waals surface area contributed by atoms with Crippen molar-refractivity contribution < 1.29 is 13.9 Å². The summed E-state index contributed by atoms with van der Waals surface area (Å²) in [6.07, 6.45) is 2.03. The first-order valence-electron chi connectivity index (χ1n) is 11.5. The van der Waals surface area contributed by atoms with E-state index in [1.165, 1.54) is 11.1 Å². The van der Waals surface area contributed by atoms with Gasteiger partial charge >= 0.3 is 0 Å². The van der Waals surface area contributed by atoms with Gasteiger partial charge in [-0.05, 0) is 78.8 Å². The van der Waals surface area contributed by atoms with Crippen molar-refractivity contribution in [3.8, 4) is 17.2 Å². The lowest BCUT2D eigenvalue weighted by Gasteiger charge is -2.12. The number of oxazole rings is 1. The lowest BCUT2D eigenvalue weighted by molar-refractivity contribution is -0.118. The maximum atomic E-state index is 12.5. The molecule has 0 fully saturated rings. The van der Waals surface area contributed by atoms with Gasteiger partial charge in [-0.1, -0.05) is 45.0 Å². The van der Waals surface area contributed by atoms with E-state index < -0.39 is 0 Å². The van der Waals surface area contributed by atoms with Crippen LogP contribution in [0.5, 0.6) is 5.75 Å². The largest absolute Gasteiger partial charge is 0.484 e. The van der Waals surface area contributed by atoms with Crippen molar-refractivity contribution in [1.82, 2.24) is 4.98 Å². The van der Waals surface area contributed by atoms with Crippen molar-refractivity contribution in [2.45, 2.75) is 46.5 Å². The van der Waals surface area contributed by atoms with Gasteiger partial charge in [0.15, 0.2) is 12.2 Å². The summed E-state index contributed by atoms with van der Waals surface area (Å²) in [6.45, 7) is 8.37. The molecule has 0 unspecified atom stereocenters. The summed E-state index contributed by atoms with van der Waals surface area (Å²) in [5, 5.41) is 2.95. The van der Waals surface area contributed by atoms with Crippen LogP contribution in [-0.4, -0.2) is 17.5 Å². The third-order valence-electron chi connectivity index (χ3n) is 6.05. The Hall–Kier alpha value is -3.60. The Bertz CT molecular complexity index is 1260. The molecule has 4 aromatic rings. The minimum absolute atomic E-state index is 0.0605. The fraction of sp³-hybridized carbons (Fsp3) is 0.286. The quantitative estimate of drug-likeness (QED) is 0.322. The van der Waals surface area contributed by atoms with Gasteiger partial charge in [0.05, 0.1) is 0 Å². The van der Waals surface area contributed by atoms with Crippen molar-refractivity contribution in [2.24, 2.45) is 0 Å². The summed E-state index contributed by atoms with van der Waals surface area (Å²) in [6, 6.07) is 19.8. The van der Waals surface area contributed by atoms with E-state index in [1.807, 2.05) is 49.4 Å². The van der Waals surface area contributed by atoms with Crippen LogP contribution in [0.1, 0.15) is 49.8 Å². The van der Waals surface area contributed by atoms with E-state index in [0.717, 1.165) is 35.1 Å². The molecule has 170 valence electrons. The molecule has 0 saturated carbocycles. The van der Waals surface area contributed by atoms with Crippen molar-refractivity contribution in [1.29, 1.82) is 0 Å². The molecule has 1 aromatic heterocycles. The zero-order chi connectivity index (χ0) is 23.4. The Balaban J connectivity index is 1.44. The number of hydrogen-bond donors (Lipinski definition) is 1. The molecule has 4 rings (SSSR count). The van der Waals surface area contributed by atoms with Crippen LogP contribution in [0.3, 0.4) is 0 Å². The van der Waals surface area contributed by atoms with Gasteiger partial charge in [0.2, 0.25) is 5.89 Å². The van der Waals surface area contributed by atoms with Crippen LogP contribution in [0.4, 0.5) is 5.69 Å². The SMILES string of the molecule is CCc1ccc2oc(-c3ccc(C)c(NC(=O)COc4ccc([C@@H](C)CC)cc4)c3)nc2c1. The minimum Gasteiger partial charge on any atom is -0.484 e. The molecule has 3 aromatic carbocycles. The van der Waals surface area contributed by atoms with E-state index in [1.54, 1.807) is 0 Å². The molecule has 1 amide bonds. The minimum atomic E-state index is -0.216. The second-order valence-electron chi connectivity index (χ2n) is 8.42. The van der Waals surface area contributed by atoms with Crippen LogP contribution >= 0.6 is 0 Å². The third kappa shape index (κ3) is 5.25. The Morgan fingerprint density at radius 3 is 2.58 bits per heavy atom. The van der Waals surface area contributed by atoms with Crippen molar-refractivity contribution in [3.05, 3.63) is 77.4 Å². The fourth-order valence-electron chi connectivity index (χ4n) is 3.67. The summed E-state index contributed by atoms with van der Waals surface area (Å²) in [4.78, 5) is 17.2. The van der Waals surface area contributed by atoms with Gasteiger partial charge in [-0.15, -0.1) is 0 Å².